The van der Waals surface area contributed by atoms with E-state index in [4.69, 9.17) is 16.7 Å². The van der Waals surface area contributed by atoms with Crippen molar-refractivity contribution in [2.75, 3.05) is 19.0 Å². The number of hydrogen-bond acceptors (Lipinski definition) is 2. The molecule has 2 atom stereocenters. The van der Waals surface area contributed by atoms with Crippen molar-refractivity contribution in [1.82, 2.24) is 5.32 Å². The zero-order chi connectivity index (χ0) is 9.56. The van der Waals surface area contributed by atoms with E-state index in [9.17, 15) is 4.79 Å². The van der Waals surface area contributed by atoms with Crippen LogP contribution in [0.4, 0.5) is 0 Å². The van der Waals surface area contributed by atoms with E-state index in [1.54, 1.807) is 6.92 Å². The lowest BCUT2D eigenvalue weighted by molar-refractivity contribution is -0.124. The van der Waals surface area contributed by atoms with Gasteiger partial charge in [0.2, 0.25) is 5.91 Å². The lowest BCUT2D eigenvalue weighted by atomic mass is 10.1. The summed E-state index contributed by atoms with van der Waals surface area (Å²) < 4.78 is 0. The third kappa shape index (κ3) is 4.57. The van der Waals surface area contributed by atoms with Gasteiger partial charge in [-0.3, -0.25) is 4.79 Å². The summed E-state index contributed by atoms with van der Waals surface area (Å²) in [6, 6.07) is 0. The van der Waals surface area contributed by atoms with Gasteiger partial charge in [-0.25, -0.2) is 0 Å². The molecule has 0 heterocycles. The minimum atomic E-state index is -0.155. The number of aliphatic hydroxyl groups is 1. The molecule has 0 aliphatic heterocycles. The van der Waals surface area contributed by atoms with E-state index < -0.39 is 0 Å². The Morgan fingerprint density at radius 3 is 2.58 bits per heavy atom. The van der Waals surface area contributed by atoms with E-state index in [1.807, 2.05) is 6.92 Å². The number of hydrogen-bond donors (Lipinski definition) is 2. The average Bonchev–Trinajstić information content (AvgIpc) is 2.11. The number of carbonyl (C=O) groups is 1. The molecule has 1 amide bonds. The fraction of sp³-hybridized carbons (Fsp3) is 0.875. The van der Waals surface area contributed by atoms with E-state index in [2.05, 4.69) is 5.32 Å². The predicted molar refractivity (Wildman–Crippen MR) is 49.1 cm³/mol. The molecule has 12 heavy (non-hydrogen) atoms. The fourth-order valence-corrected chi connectivity index (χ4v) is 0.724. The molecular weight excluding hydrogens is 178 g/mol. The molecule has 0 radical (unpaired) electrons. The van der Waals surface area contributed by atoms with Crippen LogP contribution in [0.2, 0.25) is 0 Å². The second-order valence-corrected chi connectivity index (χ2v) is 3.40. The number of alkyl halides is 1. The van der Waals surface area contributed by atoms with E-state index in [0.717, 1.165) is 0 Å². The molecule has 2 unspecified atom stereocenters. The molecular formula is C8H16ClNO2. The summed E-state index contributed by atoms with van der Waals surface area (Å²) in [4.78, 5) is 11.1. The Bertz CT molecular complexity index is 141. The zero-order valence-electron chi connectivity index (χ0n) is 7.51. The van der Waals surface area contributed by atoms with Crippen LogP contribution in [0.5, 0.6) is 0 Å². The SMILES string of the molecule is CC(CO)CNC(=O)C(C)CCl. The molecule has 0 saturated heterocycles. The van der Waals surface area contributed by atoms with Gasteiger partial charge in [0.1, 0.15) is 0 Å². The van der Waals surface area contributed by atoms with Gasteiger partial charge in [-0.1, -0.05) is 13.8 Å². The number of amides is 1. The van der Waals surface area contributed by atoms with Crippen molar-refractivity contribution in [3.8, 4) is 0 Å². The van der Waals surface area contributed by atoms with Crippen LogP contribution in [0.15, 0.2) is 0 Å². The molecule has 0 saturated carbocycles. The number of nitrogens with one attached hydrogen (secondary N) is 1. The first kappa shape index (κ1) is 11.7. The Balaban J connectivity index is 3.56. The maximum atomic E-state index is 11.1. The van der Waals surface area contributed by atoms with Crippen LogP contribution in [0.3, 0.4) is 0 Å². The van der Waals surface area contributed by atoms with Gasteiger partial charge in [-0.15, -0.1) is 11.6 Å². The van der Waals surface area contributed by atoms with Crippen LogP contribution in [0.25, 0.3) is 0 Å². The Kier molecular flexibility index (Phi) is 6.11. The lowest BCUT2D eigenvalue weighted by Gasteiger charge is -2.12. The Hall–Kier alpha value is -0.280. The van der Waals surface area contributed by atoms with Gasteiger partial charge in [-0.05, 0) is 5.92 Å². The first-order valence-corrected chi connectivity index (χ1v) is 4.59. The molecule has 4 heteroatoms. The van der Waals surface area contributed by atoms with Crippen molar-refractivity contribution >= 4 is 17.5 Å². The highest BCUT2D eigenvalue weighted by Gasteiger charge is 2.11. The summed E-state index contributed by atoms with van der Waals surface area (Å²) in [5.74, 6) is 0.235. The van der Waals surface area contributed by atoms with Crippen LogP contribution in [0.1, 0.15) is 13.8 Å². The van der Waals surface area contributed by atoms with Crippen molar-refractivity contribution < 1.29 is 9.90 Å². The summed E-state index contributed by atoms with van der Waals surface area (Å²) in [7, 11) is 0. The molecule has 0 fully saturated rings. The minimum Gasteiger partial charge on any atom is -0.396 e. The van der Waals surface area contributed by atoms with Crippen molar-refractivity contribution in [2.45, 2.75) is 13.8 Å². The van der Waals surface area contributed by atoms with Crippen molar-refractivity contribution in [3.05, 3.63) is 0 Å². The first-order valence-electron chi connectivity index (χ1n) is 4.06. The summed E-state index contributed by atoms with van der Waals surface area (Å²) in [6.07, 6.45) is 0. The quantitative estimate of drug-likeness (QED) is 0.629. The highest BCUT2D eigenvalue weighted by atomic mass is 35.5. The van der Waals surface area contributed by atoms with Gasteiger partial charge < -0.3 is 10.4 Å². The second-order valence-electron chi connectivity index (χ2n) is 3.09. The predicted octanol–water partition coefficient (Wildman–Crippen LogP) is 0.606. The van der Waals surface area contributed by atoms with Gasteiger partial charge in [0.05, 0.1) is 0 Å². The summed E-state index contributed by atoms with van der Waals surface area (Å²) in [5, 5.41) is 11.4. The van der Waals surface area contributed by atoms with E-state index in [1.165, 1.54) is 0 Å². The Morgan fingerprint density at radius 2 is 2.17 bits per heavy atom. The Labute approximate surface area is 78.1 Å². The molecule has 0 aromatic rings. The van der Waals surface area contributed by atoms with Gasteiger partial charge in [-0.2, -0.15) is 0 Å². The standard InChI is InChI=1S/C8H16ClNO2/c1-6(5-11)4-10-8(12)7(2)3-9/h6-7,11H,3-5H2,1-2H3,(H,10,12). The third-order valence-electron chi connectivity index (χ3n) is 1.62. The molecule has 0 rings (SSSR count). The van der Waals surface area contributed by atoms with E-state index in [0.29, 0.717) is 12.4 Å². The molecule has 0 spiro atoms. The zero-order valence-corrected chi connectivity index (χ0v) is 8.27. The number of rotatable bonds is 5. The average molecular weight is 194 g/mol. The van der Waals surface area contributed by atoms with Crippen molar-refractivity contribution in [2.24, 2.45) is 11.8 Å². The second kappa shape index (κ2) is 6.26. The fourth-order valence-electron chi connectivity index (χ4n) is 0.584. The smallest absolute Gasteiger partial charge is 0.224 e. The summed E-state index contributed by atoms with van der Waals surface area (Å²) in [6.45, 7) is 4.24. The van der Waals surface area contributed by atoms with Gasteiger partial charge in [0.25, 0.3) is 0 Å². The first-order chi connectivity index (χ1) is 5.61. The minimum absolute atomic E-state index is 0.0506. The van der Waals surface area contributed by atoms with E-state index in [-0.39, 0.29) is 24.3 Å². The van der Waals surface area contributed by atoms with Gasteiger partial charge in [0, 0.05) is 24.9 Å². The normalized spacial score (nSPS) is 15.3. The lowest BCUT2D eigenvalue weighted by Crippen LogP contribution is -2.34. The molecule has 3 nitrogen and oxygen atoms in total. The maximum Gasteiger partial charge on any atom is 0.224 e. The highest BCUT2D eigenvalue weighted by Crippen LogP contribution is 1.98. The number of carbonyl (C=O) groups excluding carboxylic acids is 1. The molecule has 0 aliphatic rings. The highest BCUT2D eigenvalue weighted by molar-refractivity contribution is 6.19. The van der Waals surface area contributed by atoms with Crippen LogP contribution in [0, 0.1) is 11.8 Å². The van der Waals surface area contributed by atoms with Crippen LogP contribution < -0.4 is 5.32 Å². The van der Waals surface area contributed by atoms with Crippen molar-refractivity contribution in [3.63, 3.8) is 0 Å². The van der Waals surface area contributed by atoms with Crippen LogP contribution in [-0.4, -0.2) is 30.0 Å². The molecule has 0 aromatic heterocycles. The molecule has 72 valence electrons. The molecule has 0 bridgehead atoms. The summed E-state index contributed by atoms with van der Waals surface area (Å²) >= 11 is 5.49. The molecule has 0 aliphatic carbocycles. The topological polar surface area (TPSA) is 49.3 Å². The van der Waals surface area contributed by atoms with E-state index >= 15 is 0 Å². The maximum absolute atomic E-state index is 11.1. The van der Waals surface area contributed by atoms with Crippen molar-refractivity contribution in [1.29, 1.82) is 0 Å². The van der Waals surface area contributed by atoms with Crippen LogP contribution in [-0.2, 0) is 4.79 Å². The monoisotopic (exact) mass is 193 g/mol. The largest absolute Gasteiger partial charge is 0.396 e. The van der Waals surface area contributed by atoms with Gasteiger partial charge >= 0.3 is 0 Å². The number of halogens is 1. The number of aliphatic hydroxyl groups excluding tert-OH is 1. The molecule has 2 N–H and O–H groups in total. The third-order valence-corrected chi connectivity index (χ3v) is 2.08. The Morgan fingerprint density at radius 1 is 1.58 bits per heavy atom. The van der Waals surface area contributed by atoms with Crippen LogP contribution >= 0.6 is 11.6 Å². The molecule has 0 aromatic carbocycles. The summed E-state index contributed by atoms with van der Waals surface area (Å²) in [5.41, 5.74) is 0. The van der Waals surface area contributed by atoms with Gasteiger partial charge in [0.15, 0.2) is 0 Å².